The van der Waals surface area contributed by atoms with Crippen LogP contribution in [0.3, 0.4) is 0 Å². The van der Waals surface area contributed by atoms with Crippen molar-refractivity contribution in [1.29, 1.82) is 0 Å². The van der Waals surface area contributed by atoms with Gasteiger partial charge >= 0.3 is 0 Å². The lowest BCUT2D eigenvalue weighted by Crippen LogP contribution is -2.17. The molecule has 1 aliphatic heterocycles. The second-order valence-corrected chi connectivity index (χ2v) is 5.49. The Balaban J connectivity index is 1.87. The lowest BCUT2D eigenvalue weighted by atomic mass is 10.0. The molecule has 1 fully saturated rings. The topological polar surface area (TPSA) is 39.9 Å². The molecule has 1 atom stereocenters. The molecular formula is C14H16FN3O. The first-order valence-electron chi connectivity index (χ1n) is 6.36. The molecule has 1 aliphatic rings. The molecule has 1 aromatic heterocycles. The molecule has 2 heterocycles. The summed E-state index contributed by atoms with van der Waals surface area (Å²) in [4.78, 5) is 0. The molecule has 4 nitrogen and oxygen atoms in total. The minimum Gasteiger partial charge on any atom is -0.373 e. The number of hydrogen-bond acceptors (Lipinski definition) is 3. The van der Waals surface area contributed by atoms with Crippen LogP contribution in [0.25, 0.3) is 11.3 Å². The molecule has 2 aromatic rings. The van der Waals surface area contributed by atoms with E-state index >= 15 is 0 Å². The predicted molar refractivity (Wildman–Crippen MR) is 69.1 cm³/mol. The first-order valence-corrected chi connectivity index (χ1v) is 6.36. The lowest BCUT2D eigenvalue weighted by Gasteiger charge is -2.15. The average Bonchev–Trinajstić information content (AvgIpc) is 2.96. The number of nitrogens with zero attached hydrogens (tertiary/aromatic N) is 3. The highest BCUT2D eigenvalue weighted by molar-refractivity contribution is 5.58. The van der Waals surface area contributed by atoms with E-state index in [-0.39, 0.29) is 17.5 Å². The third-order valence-electron chi connectivity index (χ3n) is 3.43. The molecule has 3 rings (SSSR count). The van der Waals surface area contributed by atoms with Gasteiger partial charge in [0.1, 0.15) is 11.5 Å². The maximum absolute atomic E-state index is 13.7. The fourth-order valence-corrected chi connectivity index (χ4v) is 2.42. The van der Waals surface area contributed by atoms with E-state index in [4.69, 9.17) is 4.74 Å². The highest BCUT2D eigenvalue weighted by Crippen LogP contribution is 2.32. The number of halogens is 1. The average molecular weight is 261 g/mol. The van der Waals surface area contributed by atoms with Crippen molar-refractivity contribution in [3.8, 4) is 11.3 Å². The highest BCUT2D eigenvalue weighted by Gasteiger charge is 2.33. The Hall–Kier alpha value is -1.75. The van der Waals surface area contributed by atoms with Gasteiger partial charge in [0, 0.05) is 12.0 Å². The van der Waals surface area contributed by atoms with Crippen LogP contribution >= 0.6 is 0 Å². The van der Waals surface area contributed by atoms with E-state index in [1.54, 1.807) is 29.1 Å². The molecular weight excluding hydrogens is 245 g/mol. The summed E-state index contributed by atoms with van der Waals surface area (Å²) >= 11 is 0. The molecule has 0 spiro atoms. The lowest BCUT2D eigenvalue weighted by molar-refractivity contribution is 0.0350. The van der Waals surface area contributed by atoms with Gasteiger partial charge in [0.05, 0.1) is 24.4 Å². The number of benzene rings is 1. The maximum Gasteiger partial charge on any atom is 0.132 e. The summed E-state index contributed by atoms with van der Waals surface area (Å²) in [5.41, 5.74) is 0.907. The third-order valence-corrected chi connectivity index (χ3v) is 3.43. The fraction of sp³-hybridized carbons (Fsp3) is 0.429. The zero-order valence-electron chi connectivity index (χ0n) is 11.0. The van der Waals surface area contributed by atoms with Crippen molar-refractivity contribution in [2.75, 3.05) is 6.61 Å². The van der Waals surface area contributed by atoms with Crippen LogP contribution in [0, 0.1) is 5.82 Å². The molecule has 1 unspecified atom stereocenters. The third kappa shape index (κ3) is 2.38. The molecule has 19 heavy (non-hydrogen) atoms. The monoisotopic (exact) mass is 261 g/mol. The summed E-state index contributed by atoms with van der Waals surface area (Å²) < 4.78 is 21.1. The smallest absolute Gasteiger partial charge is 0.132 e. The van der Waals surface area contributed by atoms with E-state index in [0.29, 0.717) is 17.9 Å². The molecule has 1 saturated heterocycles. The first kappa shape index (κ1) is 12.3. The van der Waals surface area contributed by atoms with Gasteiger partial charge in [-0.25, -0.2) is 9.07 Å². The fourth-order valence-electron chi connectivity index (χ4n) is 2.42. The Labute approximate surface area is 111 Å². The Morgan fingerprint density at radius 3 is 2.84 bits per heavy atom. The van der Waals surface area contributed by atoms with Crippen molar-refractivity contribution in [3.63, 3.8) is 0 Å². The van der Waals surface area contributed by atoms with Gasteiger partial charge in [-0.2, -0.15) is 0 Å². The standard InChI is InChI=1S/C14H16FN3O/c1-14(2)7-10(9-19-14)18-8-13(16-17-18)11-5-3-4-6-12(11)15/h3-6,8,10H,7,9H2,1-2H3. The molecule has 5 heteroatoms. The molecule has 0 saturated carbocycles. The first-order chi connectivity index (χ1) is 9.05. The van der Waals surface area contributed by atoms with Crippen molar-refractivity contribution >= 4 is 0 Å². The van der Waals surface area contributed by atoms with Crippen LogP contribution in [0.2, 0.25) is 0 Å². The number of rotatable bonds is 2. The molecule has 0 radical (unpaired) electrons. The van der Waals surface area contributed by atoms with Crippen molar-refractivity contribution in [1.82, 2.24) is 15.0 Å². The summed E-state index contributed by atoms with van der Waals surface area (Å²) in [5.74, 6) is -0.280. The molecule has 0 bridgehead atoms. The second-order valence-electron chi connectivity index (χ2n) is 5.49. The molecule has 0 N–H and O–H groups in total. The zero-order chi connectivity index (χ0) is 13.5. The van der Waals surface area contributed by atoms with Crippen molar-refractivity contribution < 1.29 is 9.13 Å². The molecule has 0 amide bonds. The van der Waals surface area contributed by atoms with Crippen LogP contribution < -0.4 is 0 Å². The van der Waals surface area contributed by atoms with Gasteiger partial charge in [0.25, 0.3) is 0 Å². The second kappa shape index (κ2) is 4.42. The van der Waals surface area contributed by atoms with Gasteiger partial charge in [-0.15, -0.1) is 5.10 Å². The van der Waals surface area contributed by atoms with Crippen LogP contribution in [-0.2, 0) is 4.74 Å². The van der Waals surface area contributed by atoms with Gasteiger partial charge in [-0.3, -0.25) is 0 Å². The van der Waals surface area contributed by atoms with Crippen LogP contribution in [0.1, 0.15) is 26.3 Å². The van der Waals surface area contributed by atoms with Gasteiger partial charge in [-0.05, 0) is 26.0 Å². The van der Waals surface area contributed by atoms with E-state index in [0.717, 1.165) is 6.42 Å². The van der Waals surface area contributed by atoms with Crippen molar-refractivity contribution in [3.05, 3.63) is 36.3 Å². The normalized spacial score (nSPS) is 21.7. The van der Waals surface area contributed by atoms with Gasteiger partial charge in [0.15, 0.2) is 0 Å². The highest BCUT2D eigenvalue weighted by atomic mass is 19.1. The Morgan fingerprint density at radius 1 is 1.37 bits per heavy atom. The summed E-state index contributed by atoms with van der Waals surface area (Å²) in [6.07, 6.45) is 2.67. The number of aromatic nitrogens is 3. The summed E-state index contributed by atoms with van der Waals surface area (Å²) in [6, 6.07) is 6.76. The van der Waals surface area contributed by atoms with Crippen LogP contribution in [-0.4, -0.2) is 27.2 Å². The van der Waals surface area contributed by atoms with E-state index in [1.807, 2.05) is 0 Å². The predicted octanol–water partition coefficient (Wildman–Crippen LogP) is 2.82. The van der Waals surface area contributed by atoms with Crippen molar-refractivity contribution in [2.45, 2.75) is 31.9 Å². The van der Waals surface area contributed by atoms with E-state index in [9.17, 15) is 4.39 Å². The Bertz CT molecular complexity index is 594. The molecule has 1 aromatic carbocycles. The molecule has 0 aliphatic carbocycles. The minimum atomic E-state index is -0.280. The van der Waals surface area contributed by atoms with E-state index in [2.05, 4.69) is 24.2 Å². The van der Waals surface area contributed by atoms with Gasteiger partial charge in [0.2, 0.25) is 0 Å². The van der Waals surface area contributed by atoms with Crippen molar-refractivity contribution in [2.24, 2.45) is 0 Å². The minimum absolute atomic E-state index is 0.130. The van der Waals surface area contributed by atoms with Crippen LogP contribution in [0.4, 0.5) is 4.39 Å². The van der Waals surface area contributed by atoms with Gasteiger partial charge < -0.3 is 4.74 Å². The van der Waals surface area contributed by atoms with E-state index < -0.39 is 0 Å². The number of hydrogen-bond donors (Lipinski definition) is 0. The van der Waals surface area contributed by atoms with Gasteiger partial charge in [-0.1, -0.05) is 17.3 Å². The van der Waals surface area contributed by atoms with E-state index in [1.165, 1.54) is 6.07 Å². The summed E-state index contributed by atoms with van der Waals surface area (Å²) in [5, 5.41) is 8.16. The zero-order valence-corrected chi connectivity index (χ0v) is 11.0. The summed E-state index contributed by atoms with van der Waals surface area (Å²) in [7, 11) is 0. The quantitative estimate of drug-likeness (QED) is 0.834. The Kier molecular flexibility index (Phi) is 2.86. The Morgan fingerprint density at radius 2 is 2.16 bits per heavy atom. The van der Waals surface area contributed by atoms with Crippen LogP contribution in [0.15, 0.2) is 30.5 Å². The SMILES string of the molecule is CC1(C)CC(n2cc(-c3ccccc3F)nn2)CO1. The maximum atomic E-state index is 13.7. The number of ether oxygens (including phenoxy) is 1. The van der Waals surface area contributed by atoms with Crippen LogP contribution in [0.5, 0.6) is 0 Å². The summed E-state index contributed by atoms with van der Waals surface area (Å²) in [6.45, 7) is 4.73. The largest absolute Gasteiger partial charge is 0.373 e. The molecule has 100 valence electrons.